The summed E-state index contributed by atoms with van der Waals surface area (Å²) in [7, 11) is 0. The Balaban J connectivity index is 1.10. The number of hydrogen-bond acceptors (Lipinski definition) is 4. The molecule has 0 amide bonds. The number of allylic oxidation sites excluding steroid dienone is 2. The van der Waals surface area contributed by atoms with Gasteiger partial charge in [0, 0.05) is 57.5 Å². The molecular formula is C39H27N4O+. The van der Waals surface area contributed by atoms with E-state index in [-0.39, 0.29) is 12.0 Å². The summed E-state index contributed by atoms with van der Waals surface area (Å²) in [6.45, 7) is 0. The fraction of sp³-hybridized carbons (Fsp3) is 0.0769. The van der Waals surface area contributed by atoms with Gasteiger partial charge in [-0.1, -0.05) is 103 Å². The Morgan fingerprint density at radius 3 is 1.95 bits per heavy atom. The molecule has 0 spiro atoms. The normalized spacial score (nSPS) is 17.5. The topological polar surface area (TPSA) is 51.8 Å². The fourth-order valence-corrected chi connectivity index (χ4v) is 6.76. The van der Waals surface area contributed by atoms with Crippen LogP contribution in [0, 0.1) is 0 Å². The van der Waals surface area contributed by atoms with Crippen molar-refractivity contribution in [3.05, 3.63) is 162 Å². The molecule has 0 saturated heterocycles. The summed E-state index contributed by atoms with van der Waals surface area (Å²) in [6, 6.07) is 41.5. The molecular weight excluding hydrogens is 540 g/mol. The van der Waals surface area contributed by atoms with Gasteiger partial charge in [-0.25, -0.2) is 15.0 Å². The average molecular weight is 568 g/mol. The first-order valence-electron chi connectivity index (χ1n) is 15.0. The molecule has 3 heterocycles. The van der Waals surface area contributed by atoms with Crippen LogP contribution in [0.1, 0.15) is 22.7 Å². The van der Waals surface area contributed by atoms with E-state index < -0.39 is 0 Å². The maximum atomic E-state index is 6.83. The fourth-order valence-electron chi connectivity index (χ4n) is 6.76. The molecule has 44 heavy (non-hydrogen) atoms. The molecule has 0 radical (unpaired) electrons. The molecule has 6 aromatic rings. The van der Waals surface area contributed by atoms with E-state index in [4.69, 9.17) is 19.7 Å². The smallest absolute Gasteiger partial charge is 0.210 e. The average Bonchev–Trinajstić information content (AvgIpc) is 3.67. The highest BCUT2D eigenvalue weighted by Crippen LogP contribution is 2.51. The highest BCUT2D eigenvalue weighted by atomic mass is 16.5. The number of hydrogen-bond donors (Lipinski definition) is 0. The lowest BCUT2D eigenvalue weighted by Gasteiger charge is -2.22. The highest BCUT2D eigenvalue weighted by molar-refractivity contribution is 5.83. The predicted octanol–water partition coefficient (Wildman–Crippen LogP) is 7.57. The summed E-state index contributed by atoms with van der Waals surface area (Å²) in [5.41, 5.74) is 10.4. The van der Waals surface area contributed by atoms with E-state index in [0.717, 1.165) is 28.9 Å². The SMILES string of the molecule is C1=CC2c3ccc(-c4nc(-c5ccccc5)nc(-c5ccccc5)n4)cc3OC2C2=C1Cc1c2ccc[n+]1-c1ccccc1. The number of rotatable bonds is 4. The molecule has 0 fully saturated rings. The maximum Gasteiger partial charge on any atom is 0.210 e. The zero-order chi connectivity index (χ0) is 29.0. The molecule has 3 aliphatic rings. The van der Waals surface area contributed by atoms with Gasteiger partial charge in [0.25, 0.3) is 0 Å². The highest BCUT2D eigenvalue weighted by Gasteiger charge is 2.44. The van der Waals surface area contributed by atoms with E-state index in [2.05, 4.69) is 83.6 Å². The van der Waals surface area contributed by atoms with Crippen molar-refractivity contribution in [2.45, 2.75) is 18.4 Å². The van der Waals surface area contributed by atoms with Crippen LogP contribution in [0.3, 0.4) is 0 Å². The molecule has 2 aromatic heterocycles. The van der Waals surface area contributed by atoms with Crippen LogP contribution in [0.25, 0.3) is 45.4 Å². The second-order valence-electron chi connectivity index (χ2n) is 11.4. The van der Waals surface area contributed by atoms with E-state index in [1.807, 2.05) is 60.7 Å². The van der Waals surface area contributed by atoms with Gasteiger partial charge in [0.2, 0.25) is 5.69 Å². The largest absolute Gasteiger partial charge is 0.484 e. The van der Waals surface area contributed by atoms with Gasteiger partial charge in [-0.2, -0.15) is 4.57 Å². The van der Waals surface area contributed by atoms with Crippen LogP contribution in [0.5, 0.6) is 5.75 Å². The van der Waals surface area contributed by atoms with E-state index in [0.29, 0.717) is 17.5 Å². The molecule has 2 unspecified atom stereocenters. The third-order valence-corrected chi connectivity index (χ3v) is 8.83. The summed E-state index contributed by atoms with van der Waals surface area (Å²) < 4.78 is 9.14. The van der Waals surface area contributed by atoms with Gasteiger partial charge in [-0.15, -0.1) is 0 Å². The van der Waals surface area contributed by atoms with Crippen molar-refractivity contribution in [1.29, 1.82) is 0 Å². The van der Waals surface area contributed by atoms with Gasteiger partial charge < -0.3 is 4.74 Å². The zero-order valence-electron chi connectivity index (χ0n) is 23.8. The molecule has 5 heteroatoms. The van der Waals surface area contributed by atoms with Crippen molar-refractivity contribution in [3.63, 3.8) is 0 Å². The van der Waals surface area contributed by atoms with Gasteiger partial charge >= 0.3 is 0 Å². The number of aromatic nitrogens is 4. The van der Waals surface area contributed by atoms with Crippen LogP contribution >= 0.6 is 0 Å². The van der Waals surface area contributed by atoms with Crippen LogP contribution in [-0.4, -0.2) is 21.1 Å². The number of pyridine rings is 1. The Morgan fingerprint density at radius 2 is 1.27 bits per heavy atom. The van der Waals surface area contributed by atoms with Crippen molar-refractivity contribution >= 4 is 5.57 Å². The Morgan fingerprint density at radius 1 is 0.636 bits per heavy atom. The van der Waals surface area contributed by atoms with Crippen molar-refractivity contribution in [3.8, 4) is 45.6 Å². The molecule has 9 rings (SSSR count). The third kappa shape index (κ3) is 4.01. The molecule has 0 bridgehead atoms. The number of benzene rings is 4. The van der Waals surface area contributed by atoms with E-state index >= 15 is 0 Å². The quantitative estimate of drug-likeness (QED) is 0.206. The van der Waals surface area contributed by atoms with Crippen molar-refractivity contribution < 1.29 is 9.30 Å². The van der Waals surface area contributed by atoms with Crippen molar-refractivity contribution in [2.24, 2.45) is 0 Å². The number of fused-ring (bicyclic) bond motifs is 6. The molecule has 208 valence electrons. The predicted molar refractivity (Wildman–Crippen MR) is 171 cm³/mol. The molecule has 2 aliphatic carbocycles. The zero-order valence-corrected chi connectivity index (χ0v) is 23.8. The van der Waals surface area contributed by atoms with Crippen LogP contribution in [0.15, 0.2) is 145 Å². The Labute approximate surface area is 255 Å². The van der Waals surface area contributed by atoms with Crippen LogP contribution in [-0.2, 0) is 6.42 Å². The number of nitrogens with zero attached hydrogens (tertiary/aromatic N) is 4. The lowest BCUT2D eigenvalue weighted by molar-refractivity contribution is -0.603. The van der Waals surface area contributed by atoms with Crippen molar-refractivity contribution in [2.75, 3.05) is 0 Å². The van der Waals surface area contributed by atoms with Gasteiger partial charge in [-0.05, 0) is 17.7 Å². The summed E-state index contributed by atoms with van der Waals surface area (Å²) >= 11 is 0. The Bertz CT molecular complexity index is 2060. The first-order chi connectivity index (χ1) is 21.8. The molecule has 4 aromatic carbocycles. The standard InChI is InChI=1S/C39H27N4O/c1-4-11-25(12-5-1)37-40-38(26-13-6-2-7-14-26)42-39(41-37)28-19-20-30-31-21-18-27-23-33-32(35(27)36(31)44-34(30)24-28)17-10-22-43(33)29-15-8-3-9-16-29/h1-22,24,31,36H,23H2/q+1. The molecule has 1 aliphatic heterocycles. The van der Waals surface area contributed by atoms with Gasteiger partial charge in [-0.3, -0.25) is 0 Å². The second kappa shape index (κ2) is 9.96. The third-order valence-electron chi connectivity index (χ3n) is 8.83. The Hall–Kier alpha value is -5.68. The van der Waals surface area contributed by atoms with E-state index in [9.17, 15) is 0 Å². The van der Waals surface area contributed by atoms with Crippen LogP contribution < -0.4 is 9.30 Å². The second-order valence-corrected chi connectivity index (χ2v) is 11.4. The Kier molecular flexibility index (Phi) is 5.63. The van der Waals surface area contributed by atoms with Crippen LogP contribution in [0.2, 0.25) is 0 Å². The lowest BCUT2D eigenvalue weighted by atomic mass is 9.83. The summed E-state index contributed by atoms with van der Waals surface area (Å²) in [5.74, 6) is 2.98. The molecule has 2 atom stereocenters. The number of ether oxygens (including phenoxy) is 1. The van der Waals surface area contributed by atoms with Gasteiger partial charge in [0.05, 0.1) is 6.42 Å². The minimum absolute atomic E-state index is 0.0637. The number of para-hydroxylation sites is 1. The first kappa shape index (κ1) is 24.9. The van der Waals surface area contributed by atoms with Gasteiger partial charge in [0.1, 0.15) is 11.9 Å². The maximum absolute atomic E-state index is 6.83. The molecule has 0 saturated carbocycles. The monoisotopic (exact) mass is 567 g/mol. The first-order valence-corrected chi connectivity index (χ1v) is 15.0. The van der Waals surface area contributed by atoms with Crippen molar-refractivity contribution in [1.82, 2.24) is 15.0 Å². The summed E-state index contributed by atoms with van der Waals surface area (Å²) in [4.78, 5) is 14.7. The van der Waals surface area contributed by atoms with Crippen LogP contribution in [0.4, 0.5) is 0 Å². The van der Waals surface area contributed by atoms with E-state index in [1.165, 1.54) is 33.7 Å². The minimum atomic E-state index is -0.0637. The van der Waals surface area contributed by atoms with E-state index in [1.54, 1.807) is 0 Å². The summed E-state index contributed by atoms with van der Waals surface area (Å²) in [6.07, 6.45) is 7.61. The molecule has 0 N–H and O–H groups in total. The lowest BCUT2D eigenvalue weighted by Crippen LogP contribution is -2.35. The summed E-state index contributed by atoms with van der Waals surface area (Å²) in [5, 5.41) is 0. The molecule has 5 nitrogen and oxygen atoms in total. The minimum Gasteiger partial charge on any atom is -0.484 e. The van der Waals surface area contributed by atoms with Gasteiger partial charge in [0.15, 0.2) is 29.4 Å².